The molecule has 19 heavy (non-hydrogen) atoms. The molecule has 0 atom stereocenters. The summed E-state index contributed by atoms with van der Waals surface area (Å²) in [5, 5.41) is 7.28. The number of hydrazine groups is 1. The van der Waals surface area contributed by atoms with Crippen LogP contribution in [0.3, 0.4) is 0 Å². The van der Waals surface area contributed by atoms with Gasteiger partial charge in [0.2, 0.25) is 0 Å². The molecule has 9 heteroatoms. The molecule has 0 saturated carbocycles. The summed E-state index contributed by atoms with van der Waals surface area (Å²) in [5.74, 6) is -0.369. The maximum Gasteiger partial charge on any atom is 0.291 e. The van der Waals surface area contributed by atoms with E-state index in [1.165, 1.54) is 0 Å². The van der Waals surface area contributed by atoms with E-state index >= 15 is 0 Å². The molecule has 7 nitrogen and oxygen atoms in total. The van der Waals surface area contributed by atoms with Crippen LogP contribution in [0.25, 0.3) is 0 Å². The van der Waals surface area contributed by atoms with Gasteiger partial charge < -0.3 is 10.1 Å². The van der Waals surface area contributed by atoms with E-state index in [0.717, 1.165) is 5.69 Å². The van der Waals surface area contributed by atoms with Gasteiger partial charge in [-0.2, -0.15) is 5.10 Å². The number of nitrogens with zero attached hydrogens (tertiary/aromatic N) is 2. The van der Waals surface area contributed by atoms with E-state index in [0.29, 0.717) is 28.4 Å². The molecule has 0 aliphatic carbocycles. The minimum Gasteiger partial charge on any atom is -0.383 e. The molecule has 0 fully saturated rings. The highest BCUT2D eigenvalue weighted by Crippen LogP contribution is 2.19. The lowest BCUT2D eigenvalue weighted by molar-refractivity contribution is 0.0937. The number of rotatable bonds is 4. The van der Waals surface area contributed by atoms with Crippen molar-refractivity contribution in [3.05, 3.63) is 15.9 Å². The number of thiocarbonyl (C=S) groups is 1. The van der Waals surface area contributed by atoms with Gasteiger partial charge in [-0.3, -0.25) is 20.3 Å². The quantitative estimate of drug-likeness (QED) is 0.410. The molecule has 0 aliphatic rings. The Hall–Kier alpha value is -1.19. The van der Waals surface area contributed by atoms with E-state index in [1.807, 2.05) is 6.92 Å². The third kappa shape index (κ3) is 4.44. The molecule has 0 radical (unpaired) electrons. The number of carbonyl (C=O) groups excluding carboxylic acids is 1. The van der Waals surface area contributed by atoms with Crippen LogP contribution in [-0.2, 0) is 11.8 Å². The average Bonchev–Trinajstić information content (AvgIpc) is 2.64. The number of carbonyl (C=O) groups is 1. The molecular weight excluding hydrogens is 334 g/mol. The maximum absolute atomic E-state index is 11.9. The summed E-state index contributed by atoms with van der Waals surface area (Å²) in [6.07, 6.45) is 0. The standard InChI is InChI=1S/C10H16BrN5O2S/c1-6-7(11)8(15-16(6)2)9(17)13-14-10(19)12-4-5-18-3/h4-5H2,1-3H3,(H,13,17)(H2,12,14,19). The van der Waals surface area contributed by atoms with Crippen molar-refractivity contribution < 1.29 is 9.53 Å². The van der Waals surface area contributed by atoms with Crippen LogP contribution in [0, 0.1) is 6.92 Å². The summed E-state index contributed by atoms with van der Waals surface area (Å²) >= 11 is 8.29. The minimum absolute atomic E-state index is 0.298. The largest absolute Gasteiger partial charge is 0.383 e. The second-order valence-electron chi connectivity index (χ2n) is 3.70. The van der Waals surface area contributed by atoms with Gasteiger partial charge in [0.15, 0.2) is 10.8 Å². The highest BCUT2D eigenvalue weighted by molar-refractivity contribution is 9.10. The van der Waals surface area contributed by atoms with Gasteiger partial charge in [-0.1, -0.05) is 0 Å². The first-order chi connectivity index (χ1) is 8.97. The first kappa shape index (κ1) is 15.9. The summed E-state index contributed by atoms with van der Waals surface area (Å²) in [5.41, 5.74) is 6.22. The number of methoxy groups -OCH3 is 1. The molecule has 1 rings (SSSR count). The summed E-state index contributed by atoms with van der Waals surface area (Å²) in [6, 6.07) is 0. The second kappa shape index (κ2) is 7.41. The van der Waals surface area contributed by atoms with Crippen molar-refractivity contribution in [1.82, 2.24) is 25.9 Å². The number of aryl methyl sites for hydroxylation is 1. The molecule has 3 N–H and O–H groups in total. The molecule has 1 aromatic rings. The highest BCUT2D eigenvalue weighted by atomic mass is 79.9. The molecule has 0 bridgehead atoms. The fraction of sp³-hybridized carbons (Fsp3) is 0.500. The average molecular weight is 350 g/mol. The fourth-order valence-corrected chi connectivity index (χ4v) is 1.88. The maximum atomic E-state index is 11.9. The molecule has 106 valence electrons. The first-order valence-corrected chi connectivity index (χ1v) is 6.69. The van der Waals surface area contributed by atoms with E-state index in [-0.39, 0.29) is 5.91 Å². The van der Waals surface area contributed by atoms with Gasteiger partial charge in [-0.05, 0) is 35.1 Å². The zero-order valence-corrected chi connectivity index (χ0v) is 13.3. The van der Waals surface area contributed by atoms with Crippen LogP contribution in [0.2, 0.25) is 0 Å². The van der Waals surface area contributed by atoms with E-state index in [1.54, 1.807) is 18.8 Å². The zero-order chi connectivity index (χ0) is 14.4. The third-order valence-corrected chi connectivity index (χ3v) is 3.55. The number of halogens is 1. The van der Waals surface area contributed by atoms with Crippen molar-refractivity contribution in [3.8, 4) is 0 Å². The predicted octanol–water partition coefficient (Wildman–Crippen LogP) is 0.246. The Labute approximate surface area is 125 Å². The van der Waals surface area contributed by atoms with Gasteiger partial charge in [0.1, 0.15) is 0 Å². The smallest absolute Gasteiger partial charge is 0.291 e. The van der Waals surface area contributed by atoms with Crippen molar-refractivity contribution >= 4 is 39.2 Å². The number of amides is 1. The lowest BCUT2D eigenvalue weighted by Crippen LogP contribution is -2.47. The minimum atomic E-state index is -0.369. The van der Waals surface area contributed by atoms with Gasteiger partial charge >= 0.3 is 0 Å². The number of hydrogen-bond acceptors (Lipinski definition) is 4. The lowest BCUT2D eigenvalue weighted by Gasteiger charge is -2.10. The number of aromatic nitrogens is 2. The Morgan fingerprint density at radius 3 is 2.74 bits per heavy atom. The predicted molar refractivity (Wildman–Crippen MR) is 78.7 cm³/mol. The molecule has 1 amide bonds. The third-order valence-electron chi connectivity index (χ3n) is 2.36. The van der Waals surface area contributed by atoms with Crippen molar-refractivity contribution in [2.24, 2.45) is 7.05 Å². The Bertz CT molecular complexity index is 477. The Morgan fingerprint density at radius 2 is 2.21 bits per heavy atom. The number of ether oxygens (including phenoxy) is 1. The van der Waals surface area contributed by atoms with Crippen molar-refractivity contribution in [1.29, 1.82) is 0 Å². The van der Waals surface area contributed by atoms with Crippen LogP contribution in [-0.4, -0.2) is 41.1 Å². The summed E-state index contributed by atoms with van der Waals surface area (Å²) < 4.78 is 7.14. The second-order valence-corrected chi connectivity index (χ2v) is 4.90. The molecule has 0 unspecified atom stereocenters. The molecule has 0 saturated heterocycles. The highest BCUT2D eigenvalue weighted by Gasteiger charge is 2.17. The van der Waals surface area contributed by atoms with Crippen molar-refractivity contribution in [2.75, 3.05) is 20.3 Å². The van der Waals surface area contributed by atoms with Crippen LogP contribution in [0.15, 0.2) is 4.47 Å². The molecular formula is C10H16BrN5O2S. The topological polar surface area (TPSA) is 80.2 Å². The molecule has 1 aromatic heterocycles. The van der Waals surface area contributed by atoms with Crippen LogP contribution in [0.4, 0.5) is 0 Å². The van der Waals surface area contributed by atoms with Gasteiger partial charge in [-0.15, -0.1) is 0 Å². The Kier molecular flexibility index (Phi) is 6.19. The van der Waals surface area contributed by atoms with Crippen LogP contribution in [0.1, 0.15) is 16.2 Å². The summed E-state index contributed by atoms with van der Waals surface area (Å²) in [4.78, 5) is 11.9. The van der Waals surface area contributed by atoms with Gasteiger partial charge in [0, 0.05) is 20.7 Å². The molecule has 1 heterocycles. The van der Waals surface area contributed by atoms with Crippen molar-refractivity contribution in [3.63, 3.8) is 0 Å². The summed E-state index contributed by atoms with van der Waals surface area (Å²) in [7, 11) is 3.36. The van der Waals surface area contributed by atoms with E-state index in [4.69, 9.17) is 17.0 Å². The van der Waals surface area contributed by atoms with E-state index in [2.05, 4.69) is 37.2 Å². The normalized spacial score (nSPS) is 10.1. The van der Waals surface area contributed by atoms with Gasteiger partial charge in [0.25, 0.3) is 5.91 Å². The van der Waals surface area contributed by atoms with Crippen LogP contribution < -0.4 is 16.2 Å². The van der Waals surface area contributed by atoms with Gasteiger partial charge in [0.05, 0.1) is 16.8 Å². The molecule has 0 aliphatic heterocycles. The Morgan fingerprint density at radius 1 is 1.53 bits per heavy atom. The van der Waals surface area contributed by atoms with E-state index < -0.39 is 0 Å². The fourth-order valence-electron chi connectivity index (χ4n) is 1.21. The molecule has 0 aromatic carbocycles. The van der Waals surface area contributed by atoms with Crippen LogP contribution in [0.5, 0.6) is 0 Å². The Balaban J connectivity index is 2.47. The lowest BCUT2D eigenvalue weighted by atomic mass is 10.3. The molecule has 0 spiro atoms. The van der Waals surface area contributed by atoms with Gasteiger partial charge in [-0.25, -0.2) is 0 Å². The number of nitrogens with one attached hydrogen (secondary N) is 3. The summed E-state index contributed by atoms with van der Waals surface area (Å²) in [6.45, 7) is 2.95. The first-order valence-electron chi connectivity index (χ1n) is 5.49. The van der Waals surface area contributed by atoms with E-state index in [9.17, 15) is 4.79 Å². The monoisotopic (exact) mass is 349 g/mol. The van der Waals surface area contributed by atoms with Crippen LogP contribution >= 0.6 is 28.1 Å². The SMILES string of the molecule is COCCNC(=S)NNC(=O)c1nn(C)c(C)c1Br. The van der Waals surface area contributed by atoms with Crippen molar-refractivity contribution in [2.45, 2.75) is 6.92 Å². The number of hydrogen-bond donors (Lipinski definition) is 3. The zero-order valence-electron chi connectivity index (χ0n) is 10.9.